The third kappa shape index (κ3) is 2.97. The van der Waals surface area contributed by atoms with E-state index in [1.807, 2.05) is 6.07 Å². The number of hydrogen-bond acceptors (Lipinski definition) is 5. The highest BCUT2D eigenvalue weighted by atomic mass is 35.5. The second-order valence-electron chi connectivity index (χ2n) is 5.65. The number of halogens is 2. The van der Waals surface area contributed by atoms with E-state index in [-0.39, 0.29) is 26.4 Å². The van der Waals surface area contributed by atoms with E-state index in [9.17, 15) is 8.42 Å². The van der Waals surface area contributed by atoms with Crippen LogP contribution >= 0.6 is 23.2 Å². The zero-order valence-corrected chi connectivity index (χ0v) is 16.2. The quantitative estimate of drug-likeness (QED) is 0.494. The van der Waals surface area contributed by atoms with Crippen molar-refractivity contribution in [1.82, 2.24) is 4.98 Å². The molecule has 2 aromatic carbocycles. The summed E-state index contributed by atoms with van der Waals surface area (Å²) < 4.78 is 40.1. The van der Waals surface area contributed by atoms with Crippen LogP contribution < -0.4 is 9.46 Å². The fourth-order valence-corrected chi connectivity index (χ4v) is 4.95. The Hall–Kier alpha value is -2.48. The highest BCUT2D eigenvalue weighted by molar-refractivity contribution is 7.93. The SMILES string of the molecule is COc1ccc2oc3ccccc3c2c1S(=O)(=O)Nc1c(Cl)cncc1Cl. The van der Waals surface area contributed by atoms with Crippen LogP contribution in [-0.2, 0) is 10.0 Å². The third-order valence-corrected chi connectivity index (χ3v) is 6.03. The molecule has 27 heavy (non-hydrogen) atoms. The van der Waals surface area contributed by atoms with Gasteiger partial charge in [-0.15, -0.1) is 0 Å². The standard InChI is InChI=1S/C18H12Cl2N2O4S/c1-25-15-7-6-14-16(10-4-2-3-5-13(10)26-14)18(15)27(23,24)22-17-11(19)8-21-9-12(17)20/h2-9H,1H3,(H,21,22). The lowest BCUT2D eigenvalue weighted by Crippen LogP contribution is -2.15. The predicted octanol–water partition coefficient (Wildman–Crippen LogP) is 5.10. The summed E-state index contributed by atoms with van der Waals surface area (Å²) in [6.45, 7) is 0. The van der Waals surface area contributed by atoms with Crippen LogP contribution in [0.2, 0.25) is 10.0 Å². The number of pyridine rings is 1. The smallest absolute Gasteiger partial charge is 0.266 e. The number of methoxy groups -OCH3 is 1. The van der Waals surface area contributed by atoms with Crippen LogP contribution in [-0.4, -0.2) is 20.5 Å². The number of rotatable bonds is 4. The summed E-state index contributed by atoms with van der Waals surface area (Å²) >= 11 is 12.1. The van der Waals surface area contributed by atoms with Crippen LogP contribution in [0.15, 0.2) is 58.1 Å². The van der Waals surface area contributed by atoms with E-state index in [0.29, 0.717) is 21.9 Å². The number of hydrogen-bond donors (Lipinski definition) is 1. The number of furan rings is 1. The molecule has 2 heterocycles. The molecule has 0 bridgehead atoms. The van der Waals surface area contributed by atoms with Gasteiger partial charge in [0.05, 0.1) is 28.2 Å². The topological polar surface area (TPSA) is 81.4 Å². The van der Waals surface area contributed by atoms with Gasteiger partial charge >= 0.3 is 0 Å². The maximum absolute atomic E-state index is 13.3. The molecule has 0 atom stereocenters. The van der Waals surface area contributed by atoms with Gasteiger partial charge in [-0.1, -0.05) is 41.4 Å². The van der Waals surface area contributed by atoms with E-state index < -0.39 is 10.0 Å². The molecule has 0 unspecified atom stereocenters. The molecule has 9 heteroatoms. The fourth-order valence-electron chi connectivity index (χ4n) is 2.89. The summed E-state index contributed by atoms with van der Waals surface area (Å²) in [5.41, 5.74) is 1.03. The molecule has 0 fully saturated rings. The lowest BCUT2D eigenvalue weighted by molar-refractivity contribution is 0.404. The lowest BCUT2D eigenvalue weighted by atomic mass is 10.1. The van der Waals surface area contributed by atoms with Crippen molar-refractivity contribution in [1.29, 1.82) is 0 Å². The molecule has 0 aliphatic carbocycles. The van der Waals surface area contributed by atoms with Crippen LogP contribution in [0.25, 0.3) is 21.9 Å². The summed E-state index contributed by atoms with van der Waals surface area (Å²) in [7, 11) is -2.72. The van der Waals surface area contributed by atoms with Gasteiger partial charge in [-0.25, -0.2) is 8.42 Å². The first-order valence-corrected chi connectivity index (χ1v) is 9.96. The monoisotopic (exact) mass is 422 g/mol. The molecule has 0 amide bonds. The number of sulfonamides is 1. The van der Waals surface area contributed by atoms with Gasteiger partial charge in [-0.05, 0) is 18.2 Å². The average Bonchev–Trinajstić information content (AvgIpc) is 3.02. The van der Waals surface area contributed by atoms with Gasteiger partial charge in [0.2, 0.25) is 0 Å². The van der Waals surface area contributed by atoms with Gasteiger partial charge in [-0.3, -0.25) is 9.71 Å². The third-order valence-electron chi connectivity index (χ3n) is 4.04. The molecular formula is C18H12Cl2N2O4S. The molecule has 0 radical (unpaired) electrons. The Labute approximate surface area is 164 Å². The lowest BCUT2D eigenvalue weighted by Gasteiger charge is -2.14. The number of benzene rings is 2. The Morgan fingerprint density at radius 2 is 1.74 bits per heavy atom. The molecule has 6 nitrogen and oxygen atoms in total. The van der Waals surface area contributed by atoms with Crippen molar-refractivity contribution in [2.75, 3.05) is 11.8 Å². The van der Waals surface area contributed by atoms with Gasteiger partial charge in [0.25, 0.3) is 10.0 Å². The van der Waals surface area contributed by atoms with Crippen molar-refractivity contribution in [3.05, 3.63) is 58.8 Å². The maximum Gasteiger partial charge on any atom is 0.266 e. The van der Waals surface area contributed by atoms with Crippen molar-refractivity contribution in [2.24, 2.45) is 0 Å². The van der Waals surface area contributed by atoms with Crippen LogP contribution in [0.4, 0.5) is 5.69 Å². The van der Waals surface area contributed by atoms with Gasteiger partial charge in [0.15, 0.2) is 0 Å². The summed E-state index contributed by atoms with van der Waals surface area (Å²) in [6, 6.07) is 10.4. The summed E-state index contributed by atoms with van der Waals surface area (Å²) in [4.78, 5) is 3.77. The first kappa shape index (κ1) is 17.9. The molecular weight excluding hydrogens is 411 g/mol. The number of aromatic nitrogens is 1. The van der Waals surface area contributed by atoms with Crippen LogP contribution in [0.3, 0.4) is 0 Å². The Balaban J connectivity index is 2.01. The fraction of sp³-hybridized carbons (Fsp3) is 0.0556. The maximum atomic E-state index is 13.3. The van der Waals surface area contributed by atoms with E-state index in [2.05, 4.69) is 9.71 Å². The van der Waals surface area contributed by atoms with Crippen LogP contribution in [0, 0.1) is 0 Å². The summed E-state index contributed by atoms with van der Waals surface area (Å²) in [5.74, 6) is 0.169. The second-order valence-corrected chi connectivity index (χ2v) is 8.09. The molecule has 4 aromatic rings. The van der Waals surface area contributed by atoms with E-state index in [1.165, 1.54) is 25.6 Å². The second kappa shape index (κ2) is 6.60. The molecule has 1 N–H and O–H groups in total. The van der Waals surface area contributed by atoms with Gasteiger partial charge in [0, 0.05) is 17.8 Å². The Kier molecular flexibility index (Phi) is 4.38. The molecule has 138 valence electrons. The number of nitrogens with one attached hydrogen (secondary N) is 1. The summed E-state index contributed by atoms with van der Waals surface area (Å²) in [5, 5.41) is 1.22. The van der Waals surface area contributed by atoms with Gasteiger partial charge < -0.3 is 9.15 Å². The van der Waals surface area contributed by atoms with Crippen molar-refractivity contribution < 1.29 is 17.6 Å². The zero-order chi connectivity index (χ0) is 19.2. The van der Waals surface area contributed by atoms with E-state index >= 15 is 0 Å². The van der Waals surface area contributed by atoms with E-state index in [1.54, 1.807) is 24.3 Å². The first-order valence-electron chi connectivity index (χ1n) is 7.72. The van der Waals surface area contributed by atoms with Crippen LogP contribution in [0.1, 0.15) is 0 Å². The minimum Gasteiger partial charge on any atom is -0.495 e. The zero-order valence-electron chi connectivity index (χ0n) is 13.9. The summed E-state index contributed by atoms with van der Waals surface area (Å²) in [6.07, 6.45) is 2.60. The van der Waals surface area contributed by atoms with Gasteiger partial charge in [-0.2, -0.15) is 0 Å². The van der Waals surface area contributed by atoms with Crippen LogP contribution in [0.5, 0.6) is 5.75 Å². The highest BCUT2D eigenvalue weighted by Gasteiger charge is 2.27. The van der Waals surface area contributed by atoms with Crippen molar-refractivity contribution in [2.45, 2.75) is 4.90 Å². The van der Waals surface area contributed by atoms with Crippen molar-refractivity contribution in [3.63, 3.8) is 0 Å². The number of anilines is 1. The minimum atomic E-state index is -4.12. The molecule has 0 spiro atoms. The molecule has 4 rings (SSSR count). The number of nitrogens with zero attached hydrogens (tertiary/aromatic N) is 1. The Bertz CT molecular complexity index is 1270. The molecule has 0 aliphatic heterocycles. The molecule has 2 aromatic heterocycles. The predicted molar refractivity (Wildman–Crippen MR) is 105 cm³/mol. The van der Waals surface area contributed by atoms with E-state index in [4.69, 9.17) is 32.4 Å². The normalized spacial score (nSPS) is 11.8. The number of fused-ring (bicyclic) bond motifs is 3. The Morgan fingerprint density at radius 1 is 1.04 bits per heavy atom. The molecule has 0 aliphatic rings. The highest BCUT2D eigenvalue weighted by Crippen LogP contribution is 2.40. The first-order chi connectivity index (χ1) is 12.9. The van der Waals surface area contributed by atoms with Crippen molar-refractivity contribution >= 4 is 60.9 Å². The van der Waals surface area contributed by atoms with Crippen molar-refractivity contribution in [3.8, 4) is 5.75 Å². The molecule has 0 saturated heterocycles. The van der Waals surface area contributed by atoms with E-state index in [0.717, 1.165) is 0 Å². The largest absolute Gasteiger partial charge is 0.495 e. The Morgan fingerprint density at radius 3 is 2.44 bits per heavy atom. The number of ether oxygens (including phenoxy) is 1. The average molecular weight is 423 g/mol. The minimum absolute atomic E-state index is 0.0418. The molecule has 0 saturated carbocycles. The van der Waals surface area contributed by atoms with Gasteiger partial charge in [0.1, 0.15) is 21.8 Å². The number of para-hydroxylation sites is 1.